The van der Waals surface area contributed by atoms with Crippen molar-refractivity contribution in [1.82, 2.24) is 0 Å². The van der Waals surface area contributed by atoms with Crippen molar-refractivity contribution in [2.75, 3.05) is 6.61 Å². The van der Waals surface area contributed by atoms with Crippen LogP contribution in [-0.2, 0) is 0 Å². The molecule has 5 rings (SSSR count). The Bertz CT molecular complexity index is 835. The average Bonchev–Trinajstić information content (AvgIpc) is 2.72. The molecule has 0 radical (unpaired) electrons. The minimum atomic E-state index is 0.280. The maximum atomic E-state index is 10.4. The number of allylic oxidation sites excluding steroid dienone is 2. The van der Waals surface area contributed by atoms with Gasteiger partial charge in [-0.25, -0.2) is 0 Å². The fraction of sp³-hybridized carbons (Fsp3) is 0.938. The van der Waals surface area contributed by atoms with Gasteiger partial charge in [0, 0.05) is 6.61 Å². The van der Waals surface area contributed by atoms with Crippen molar-refractivity contribution in [3.8, 4) is 0 Å². The largest absolute Gasteiger partial charge is 0.396 e. The Morgan fingerprint density at radius 2 is 1.52 bits per heavy atom. The van der Waals surface area contributed by atoms with E-state index in [2.05, 4.69) is 68.4 Å². The van der Waals surface area contributed by atoms with Gasteiger partial charge in [0.1, 0.15) is 0 Å². The van der Waals surface area contributed by atoms with Crippen LogP contribution in [0.4, 0.5) is 0 Å². The molecule has 5 aliphatic rings. The van der Waals surface area contributed by atoms with Crippen molar-refractivity contribution >= 4 is 0 Å². The summed E-state index contributed by atoms with van der Waals surface area (Å²) in [6.07, 6.45) is 14.9. The third kappa shape index (κ3) is 2.99. The van der Waals surface area contributed by atoms with Gasteiger partial charge in [0.2, 0.25) is 0 Å². The van der Waals surface area contributed by atoms with Gasteiger partial charge in [-0.3, -0.25) is 0 Å². The quantitative estimate of drug-likeness (QED) is 0.393. The van der Waals surface area contributed by atoms with Gasteiger partial charge >= 0.3 is 0 Å². The molecule has 0 aliphatic heterocycles. The third-order valence-electron chi connectivity index (χ3n) is 14.1. The number of hydrogen-bond acceptors (Lipinski definition) is 1. The molecule has 0 aromatic heterocycles. The van der Waals surface area contributed by atoms with Gasteiger partial charge in [-0.15, -0.1) is 0 Å². The molecule has 0 bridgehead atoms. The number of aliphatic hydroxyl groups excluding tert-OH is 1. The van der Waals surface area contributed by atoms with Gasteiger partial charge in [0.25, 0.3) is 0 Å². The van der Waals surface area contributed by atoms with Crippen LogP contribution >= 0.6 is 0 Å². The summed E-state index contributed by atoms with van der Waals surface area (Å²) in [6, 6.07) is 0. The molecule has 0 heterocycles. The van der Waals surface area contributed by atoms with Crippen molar-refractivity contribution in [3.05, 3.63) is 11.6 Å². The van der Waals surface area contributed by atoms with Gasteiger partial charge in [-0.2, -0.15) is 0 Å². The van der Waals surface area contributed by atoms with E-state index in [0.29, 0.717) is 45.5 Å². The predicted octanol–water partition coefficient (Wildman–Crippen LogP) is 8.66. The molecule has 33 heavy (non-hydrogen) atoms. The summed E-state index contributed by atoms with van der Waals surface area (Å²) in [5.74, 6) is 3.64. The lowest BCUT2D eigenvalue weighted by Crippen LogP contribution is -2.64. The first-order valence-corrected chi connectivity index (χ1v) is 14.5. The third-order valence-corrected chi connectivity index (χ3v) is 14.1. The van der Waals surface area contributed by atoms with Crippen LogP contribution in [0.15, 0.2) is 11.6 Å². The first-order valence-electron chi connectivity index (χ1n) is 14.5. The second kappa shape index (κ2) is 7.14. The van der Waals surface area contributed by atoms with Crippen LogP contribution in [-0.4, -0.2) is 11.7 Å². The smallest absolute Gasteiger partial charge is 0.0464 e. The SMILES string of the molecule is CC1CCC2(C)C(CCC3(C)C2CC=C2C4CC(C)(C)CC(CO)C4(C)CCC23C)C1(C)C. The van der Waals surface area contributed by atoms with E-state index in [9.17, 15) is 5.11 Å². The van der Waals surface area contributed by atoms with Gasteiger partial charge in [0.05, 0.1) is 0 Å². The lowest BCUT2D eigenvalue weighted by molar-refractivity contribution is -0.194. The highest BCUT2D eigenvalue weighted by Gasteiger charge is 2.68. The zero-order valence-electron chi connectivity index (χ0n) is 23.5. The molecule has 1 heteroatoms. The molecule has 0 spiro atoms. The summed E-state index contributed by atoms with van der Waals surface area (Å²) in [7, 11) is 0. The topological polar surface area (TPSA) is 20.2 Å². The standard InChI is InChI=1S/C32H54O/c1-21-12-14-30(7)25(28(21,4)5)13-15-32(9)26(30)11-10-23-24-19-27(2,3)18-22(20-33)29(24,6)16-17-31(23,32)8/h10,21-22,24-26,33H,11-20H2,1-9H3. The highest BCUT2D eigenvalue weighted by atomic mass is 16.3. The van der Waals surface area contributed by atoms with E-state index in [4.69, 9.17) is 0 Å². The maximum Gasteiger partial charge on any atom is 0.0464 e. The minimum absolute atomic E-state index is 0.280. The van der Waals surface area contributed by atoms with Gasteiger partial charge in [-0.1, -0.05) is 74.0 Å². The normalized spacial score (nSPS) is 54.8. The molecule has 1 N–H and O–H groups in total. The molecule has 0 amide bonds. The van der Waals surface area contributed by atoms with Crippen molar-refractivity contribution in [1.29, 1.82) is 0 Å². The average molecular weight is 455 g/mol. The first-order chi connectivity index (χ1) is 15.2. The fourth-order valence-electron chi connectivity index (χ4n) is 11.4. The molecule has 5 aliphatic carbocycles. The molecular weight excluding hydrogens is 400 g/mol. The van der Waals surface area contributed by atoms with E-state index >= 15 is 0 Å². The fourth-order valence-corrected chi connectivity index (χ4v) is 11.4. The molecule has 4 fully saturated rings. The van der Waals surface area contributed by atoms with E-state index in [1.807, 2.05) is 5.57 Å². The minimum Gasteiger partial charge on any atom is -0.396 e. The Kier molecular flexibility index (Phi) is 5.28. The monoisotopic (exact) mass is 454 g/mol. The van der Waals surface area contributed by atoms with E-state index in [0.717, 1.165) is 17.8 Å². The highest BCUT2D eigenvalue weighted by Crippen LogP contribution is 2.76. The van der Waals surface area contributed by atoms with E-state index in [-0.39, 0.29) is 5.41 Å². The lowest BCUT2D eigenvalue weighted by atomic mass is 9.33. The van der Waals surface area contributed by atoms with Crippen molar-refractivity contribution < 1.29 is 5.11 Å². The summed E-state index contributed by atoms with van der Waals surface area (Å²) in [6.45, 7) is 23.7. The van der Waals surface area contributed by atoms with Crippen LogP contribution in [0.3, 0.4) is 0 Å². The van der Waals surface area contributed by atoms with Gasteiger partial charge in [-0.05, 0) is 120 Å². The Balaban J connectivity index is 1.58. The molecule has 0 saturated heterocycles. The zero-order valence-corrected chi connectivity index (χ0v) is 23.5. The molecule has 4 saturated carbocycles. The van der Waals surface area contributed by atoms with E-state index < -0.39 is 0 Å². The van der Waals surface area contributed by atoms with Crippen LogP contribution in [0.5, 0.6) is 0 Å². The number of aliphatic hydroxyl groups is 1. The maximum absolute atomic E-state index is 10.4. The molecule has 0 aromatic carbocycles. The molecule has 188 valence electrons. The highest BCUT2D eigenvalue weighted by molar-refractivity contribution is 5.34. The number of hydrogen-bond donors (Lipinski definition) is 1. The summed E-state index contributed by atoms with van der Waals surface area (Å²) in [5, 5.41) is 10.4. The van der Waals surface area contributed by atoms with E-state index in [1.165, 1.54) is 57.8 Å². The van der Waals surface area contributed by atoms with Crippen molar-refractivity contribution in [3.63, 3.8) is 0 Å². The second-order valence-electron chi connectivity index (χ2n) is 16.1. The lowest BCUT2D eigenvalue weighted by Gasteiger charge is -2.72. The molecule has 9 atom stereocenters. The van der Waals surface area contributed by atoms with Crippen LogP contribution in [0, 0.1) is 62.1 Å². The first kappa shape index (κ1) is 24.4. The number of rotatable bonds is 1. The van der Waals surface area contributed by atoms with E-state index in [1.54, 1.807) is 0 Å². The molecule has 1 nitrogen and oxygen atoms in total. The summed E-state index contributed by atoms with van der Waals surface area (Å²) >= 11 is 0. The Hall–Kier alpha value is -0.300. The summed E-state index contributed by atoms with van der Waals surface area (Å²) < 4.78 is 0. The number of fused-ring (bicyclic) bond motifs is 7. The second-order valence-corrected chi connectivity index (χ2v) is 16.1. The van der Waals surface area contributed by atoms with Crippen molar-refractivity contribution in [2.45, 2.75) is 120 Å². The van der Waals surface area contributed by atoms with Crippen LogP contribution in [0.25, 0.3) is 0 Å². The van der Waals surface area contributed by atoms with Crippen LogP contribution in [0.2, 0.25) is 0 Å². The van der Waals surface area contributed by atoms with Crippen molar-refractivity contribution in [2.24, 2.45) is 62.1 Å². The Morgan fingerprint density at radius 3 is 2.18 bits per heavy atom. The Labute approximate surface area is 205 Å². The Morgan fingerprint density at radius 1 is 0.818 bits per heavy atom. The predicted molar refractivity (Wildman–Crippen MR) is 140 cm³/mol. The van der Waals surface area contributed by atoms with Gasteiger partial charge < -0.3 is 5.11 Å². The molecule has 0 aromatic rings. The summed E-state index contributed by atoms with van der Waals surface area (Å²) in [5.41, 5.74) is 4.13. The van der Waals surface area contributed by atoms with Crippen LogP contribution in [0.1, 0.15) is 120 Å². The summed E-state index contributed by atoms with van der Waals surface area (Å²) in [4.78, 5) is 0. The molecular formula is C32H54O. The van der Waals surface area contributed by atoms with Gasteiger partial charge in [0.15, 0.2) is 0 Å². The molecule has 9 unspecified atom stereocenters. The van der Waals surface area contributed by atoms with Crippen LogP contribution < -0.4 is 0 Å². The zero-order chi connectivity index (χ0) is 24.2.